The smallest absolute Gasteiger partial charge is 0.340 e. The van der Waals surface area contributed by atoms with Crippen LogP contribution in [0.5, 0.6) is 11.5 Å². The number of carboxylic acids is 1. The number of anilines is 1. The van der Waals surface area contributed by atoms with Crippen LogP contribution in [0.3, 0.4) is 0 Å². The van der Waals surface area contributed by atoms with Gasteiger partial charge in [0.15, 0.2) is 17.3 Å². The Kier molecular flexibility index (Phi) is 2.99. The number of aromatic carboxylic acids is 1. The Morgan fingerprint density at radius 3 is 2.47 bits per heavy atom. The highest BCUT2D eigenvalue weighted by molar-refractivity contribution is 5.95. The SMILES string of the molecule is COc1cc(N)c(C(=O)O)c(F)c1OC. The van der Waals surface area contributed by atoms with E-state index in [1.54, 1.807) is 0 Å². The van der Waals surface area contributed by atoms with Crippen molar-refractivity contribution in [3.63, 3.8) is 0 Å². The number of benzene rings is 1. The molecule has 0 spiro atoms. The van der Waals surface area contributed by atoms with Crippen LogP contribution >= 0.6 is 0 Å². The number of nitrogens with two attached hydrogens (primary N) is 1. The molecule has 0 amide bonds. The maximum Gasteiger partial charge on any atom is 0.340 e. The Hall–Kier alpha value is -1.98. The van der Waals surface area contributed by atoms with Gasteiger partial charge in [0.2, 0.25) is 0 Å². The lowest BCUT2D eigenvalue weighted by atomic mass is 10.1. The summed E-state index contributed by atoms with van der Waals surface area (Å²) in [5.41, 5.74) is 4.54. The number of carbonyl (C=O) groups is 1. The summed E-state index contributed by atoms with van der Waals surface area (Å²) in [5, 5.41) is 8.71. The number of hydrogen-bond acceptors (Lipinski definition) is 4. The second kappa shape index (κ2) is 4.04. The fraction of sp³-hybridized carbons (Fsp3) is 0.222. The number of carboxylic acid groups (broad SMARTS) is 1. The van der Waals surface area contributed by atoms with E-state index in [4.69, 9.17) is 20.3 Å². The first kappa shape index (κ1) is 11.1. The molecule has 0 atom stereocenters. The summed E-state index contributed by atoms with van der Waals surface area (Å²) in [4.78, 5) is 10.7. The molecule has 0 aliphatic carbocycles. The monoisotopic (exact) mass is 215 g/mol. The summed E-state index contributed by atoms with van der Waals surface area (Å²) >= 11 is 0. The van der Waals surface area contributed by atoms with E-state index in [-0.39, 0.29) is 17.2 Å². The van der Waals surface area contributed by atoms with Gasteiger partial charge in [-0.25, -0.2) is 9.18 Å². The van der Waals surface area contributed by atoms with Crippen LogP contribution in [0.15, 0.2) is 6.07 Å². The third kappa shape index (κ3) is 1.78. The minimum Gasteiger partial charge on any atom is -0.493 e. The zero-order chi connectivity index (χ0) is 11.6. The molecule has 0 saturated carbocycles. The standard InChI is InChI=1S/C9H10FNO4/c1-14-5-3-4(11)6(9(12)13)7(10)8(5)15-2/h3H,11H2,1-2H3,(H,12,13). The molecule has 3 N–H and O–H groups in total. The van der Waals surface area contributed by atoms with Crippen molar-refractivity contribution in [1.82, 2.24) is 0 Å². The highest BCUT2D eigenvalue weighted by Crippen LogP contribution is 2.35. The van der Waals surface area contributed by atoms with Gasteiger partial charge in [-0.1, -0.05) is 0 Å². The van der Waals surface area contributed by atoms with Gasteiger partial charge >= 0.3 is 5.97 Å². The van der Waals surface area contributed by atoms with Gasteiger partial charge in [-0.2, -0.15) is 0 Å². The molecular formula is C9H10FNO4. The summed E-state index contributed by atoms with van der Waals surface area (Å²) in [6.07, 6.45) is 0. The van der Waals surface area contributed by atoms with Crippen molar-refractivity contribution in [3.05, 3.63) is 17.4 Å². The van der Waals surface area contributed by atoms with Crippen molar-refractivity contribution in [2.45, 2.75) is 0 Å². The van der Waals surface area contributed by atoms with Crippen molar-refractivity contribution in [1.29, 1.82) is 0 Å². The highest BCUT2D eigenvalue weighted by atomic mass is 19.1. The molecule has 0 aliphatic heterocycles. The quantitative estimate of drug-likeness (QED) is 0.738. The van der Waals surface area contributed by atoms with Crippen molar-refractivity contribution in [2.24, 2.45) is 0 Å². The molecule has 0 heterocycles. The minimum absolute atomic E-state index is 0.0532. The molecular weight excluding hydrogens is 205 g/mol. The molecule has 5 nitrogen and oxygen atoms in total. The van der Waals surface area contributed by atoms with Crippen molar-refractivity contribution < 1.29 is 23.8 Å². The lowest BCUT2D eigenvalue weighted by Crippen LogP contribution is -2.08. The largest absolute Gasteiger partial charge is 0.493 e. The first-order valence-corrected chi connectivity index (χ1v) is 3.96. The van der Waals surface area contributed by atoms with E-state index < -0.39 is 17.3 Å². The third-order valence-corrected chi connectivity index (χ3v) is 1.86. The molecule has 0 fully saturated rings. The lowest BCUT2D eigenvalue weighted by molar-refractivity contribution is 0.0692. The van der Waals surface area contributed by atoms with E-state index in [1.807, 2.05) is 0 Å². The van der Waals surface area contributed by atoms with Crippen molar-refractivity contribution >= 4 is 11.7 Å². The molecule has 0 bridgehead atoms. The van der Waals surface area contributed by atoms with Gasteiger partial charge in [0.25, 0.3) is 0 Å². The van der Waals surface area contributed by atoms with Gasteiger partial charge in [0.1, 0.15) is 5.56 Å². The molecule has 15 heavy (non-hydrogen) atoms. The van der Waals surface area contributed by atoms with Gasteiger partial charge in [-0.15, -0.1) is 0 Å². The number of nitrogen functional groups attached to an aromatic ring is 1. The molecule has 1 aromatic rings. The van der Waals surface area contributed by atoms with Crippen LogP contribution in [0.4, 0.5) is 10.1 Å². The Morgan fingerprint density at radius 2 is 2.07 bits per heavy atom. The van der Waals surface area contributed by atoms with Gasteiger partial charge in [0.05, 0.1) is 19.9 Å². The molecule has 1 rings (SSSR count). The van der Waals surface area contributed by atoms with Crippen LogP contribution in [0, 0.1) is 5.82 Å². The van der Waals surface area contributed by atoms with Gasteiger partial charge in [-0.05, 0) is 0 Å². The van der Waals surface area contributed by atoms with Crippen molar-refractivity contribution in [2.75, 3.05) is 20.0 Å². The Balaban J connectivity index is 3.51. The fourth-order valence-electron chi connectivity index (χ4n) is 1.19. The average molecular weight is 215 g/mol. The summed E-state index contributed by atoms with van der Waals surface area (Å²) in [5.74, 6) is -2.71. The molecule has 0 aromatic heterocycles. The predicted molar refractivity (Wildman–Crippen MR) is 50.9 cm³/mol. The van der Waals surface area contributed by atoms with Crippen LogP contribution < -0.4 is 15.2 Å². The van der Waals surface area contributed by atoms with Crippen LogP contribution in [0.2, 0.25) is 0 Å². The van der Waals surface area contributed by atoms with Crippen molar-refractivity contribution in [3.8, 4) is 11.5 Å². The van der Waals surface area contributed by atoms with Crippen LogP contribution in [0.1, 0.15) is 10.4 Å². The second-order valence-electron chi connectivity index (χ2n) is 2.70. The number of ether oxygens (including phenoxy) is 2. The summed E-state index contributed by atoms with van der Waals surface area (Å²) in [7, 11) is 2.51. The highest BCUT2D eigenvalue weighted by Gasteiger charge is 2.22. The number of halogens is 1. The van der Waals surface area contributed by atoms with E-state index >= 15 is 0 Å². The molecule has 0 saturated heterocycles. The lowest BCUT2D eigenvalue weighted by Gasteiger charge is -2.11. The zero-order valence-corrected chi connectivity index (χ0v) is 8.20. The molecule has 0 radical (unpaired) electrons. The number of hydrogen-bond donors (Lipinski definition) is 2. The molecule has 0 unspecified atom stereocenters. The topological polar surface area (TPSA) is 81.8 Å². The van der Waals surface area contributed by atoms with Gasteiger partial charge in [-0.3, -0.25) is 0 Å². The van der Waals surface area contributed by atoms with E-state index in [1.165, 1.54) is 20.3 Å². The van der Waals surface area contributed by atoms with E-state index in [9.17, 15) is 9.18 Å². The minimum atomic E-state index is -1.45. The maximum absolute atomic E-state index is 13.6. The molecule has 6 heteroatoms. The fourth-order valence-corrected chi connectivity index (χ4v) is 1.19. The zero-order valence-electron chi connectivity index (χ0n) is 8.20. The average Bonchev–Trinajstić information content (AvgIpc) is 2.16. The summed E-state index contributed by atoms with van der Waals surface area (Å²) in [6.45, 7) is 0. The summed E-state index contributed by atoms with van der Waals surface area (Å²) < 4.78 is 23.1. The van der Waals surface area contributed by atoms with E-state index in [2.05, 4.69) is 0 Å². The van der Waals surface area contributed by atoms with Crippen LogP contribution in [0.25, 0.3) is 0 Å². The number of rotatable bonds is 3. The second-order valence-corrected chi connectivity index (χ2v) is 2.70. The normalized spacial score (nSPS) is 9.80. The first-order chi connectivity index (χ1) is 7.02. The molecule has 1 aromatic carbocycles. The third-order valence-electron chi connectivity index (χ3n) is 1.86. The number of methoxy groups -OCH3 is 2. The van der Waals surface area contributed by atoms with E-state index in [0.29, 0.717) is 0 Å². The molecule has 82 valence electrons. The van der Waals surface area contributed by atoms with Gasteiger partial charge < -0.3 is 20.3 Å². The predicted octanol–water partition coefficient (Wildman–Crippen LogP) is 1.12. The first-order valence-electron chi connectivity index (χ1n) is 3.96. The van der Waals surface area contributed by atoms with E-state index in [0.717, 1.165) is 0 Å². The van der Waals surface area contributed by atoms with Crippen LogP contribution in [-0.2, 0) is 0 Å². The Bertz CT molecular complexity index is 406. The molecule has 0 aliphatic rings. The summed E-state index contributed by atoms with van der Waals surface area (Å²) in [6, 6.07) is 1.20. The van der Waals surface area contributed by atoms with Gasteiger partial charge in [0, 0.05) is 6.07 Å². The Morgan fingerprint density at radius 1 is 1.47 bits per heavy atom. The maximum atomic E-state index is 13.6. The Labute approximate surface area is 85.2 Å². The van der Waals surface area contributed by atoms with Crippen LogP contribution in [-0.4, -0.2) is 25.3 Å².